The van der Waals surface area contributed by atoms with E-state index in [9.17, 15) is 19.5 Å². The zero-order valence-corrected chi connectivity index (χ0v) is 19.2. The minimum Gasteiger partial charge on any atom is -0.481 e. The van der Waals surface area contributed by atoms with Crippen molar-refractivity contribution in [2.45, 2.75) is 50.0 Å². The molecule has 178 valence electrons. The molecule has 0 unspecified atom stereocenters. The zero-order valence-electron chi connectivity index (χ0n) is 19.2. The summed E-state index contributed by atoms with van der Waals surface area (Å²) >= 11 is 0. The second-order valence-corrected chi connectivity index (χ2v) is 9.67. The number of ether oxygens (including phenoxy) is 1. The lowest BCUT2D eigenvalue weighted by Crippen LogP contribution is -2.60. The zero-order chi connectivity index (χ0) is 23.7. The van der Waals surface area contributed by atoms with E-state index in [-0.39, 0.29) is 25.0 Å². The average molecular weight is 463 g/mol. The highest BCUT2D eigenvalue weighted by atomic mass is 16.5. The maximum absolute atomic E-state index is 13.5. The third-order valence-corrected chi connectivity index (χ3v) is 7.61. The van der Waals surface area contributed by atoms with Gasteiger partial charge in [-0.3, -0.25) is 9.59 Å². The van der Waals surface area contributed by atoms with E-state index in [1.165, 1.54) is 0 Å². The number of alkyl carbamates (subject to hydrolysis) is 1. The monoisotopic (exact) mass is 462 g/mol. The number of aliphatic carboxylic acids is 1. The first-order valence-electron chi connectivity index (χ1n) is 12.1. The van der Waals surface area contributed by atoms with E-state index in [4.69, 9.17) is 4.74 Å². The fourth-order valence-electron chi connectivity index (χ4n) is 5.87. The second kappa shape index (κ2) is 9.12. The summed E-state index contributed by atoms with van der Waals surface area (Å²) in [6, 6.07) is 16.3. The molecule has 3 aliphatic rings. The number of carbonyl (C=O) groups excluding carboxylic acids is 2. The molecule has 2 N–H and O–H groups in total. The summed E-state index contributed by atoms with van der Waals surface area (Å²) in [5.74, 6) is -1.65. The first kappa shape index (κ1) is 22.4. The molecule has 0 aromatic heterocycles. The molecule has 2 aliphatic carbocycles. The van der Waals surface area contributed by atoms with E-state index in [1.807, 2.05) is 24.3 Å². The van der Waals surface area contributed by atoms with Gasteiger partial charge in [0.05, 0.1) is 5.92 Å². The third kappa shape index (κ3) is 4.04. The number of carboxylic acids is 1. The molecule has 34 heavy (non-hydrogen) atoms. The van der Waals surface area contributed by atoms with Crippen LogP contribution in [0.25, 0.3) is 11.1 Å². The highest BCUT2D eigenvalue weighted by molar-refractivity contribution is 5.91. The van der Waals surface area contributed by atoms with Crippen LogP contribution in [-0.2, 0) is 14.3 Å². The van der Waals surface area contributed by atoms with Crippen molar-refractivity contribution in [3.8, 4) is 11.1 Å². The molecule has 1 heterocycles. The van der Waals surface area contributed by atoms with Gasteiger partial charge < -0.3 is 20.1 Å². The van der Waals surface area contributed by atoms with Gasteiger partial charge in [0.2, 0.25) is 5.91 Å². The number of fused-ring (bicyclic) bond motifs is 3. The van der Waals surface area contributed by atoms with Crippen LogP contribution in [0.3, 0.4) is 0 Å². The molecule has 5 rings (SSSR count). The summed E-state index contributed by atoms with van der Waals surface area (Å²) in [5, 5.41) is 12.3. The van der Waals surface area contributed by atoms with Crippen LogP contribution < -0.4 is 5.32 Å². The van der Waals surface area contributed by atoms with Gasteiger partial charge in [0, 0.05) is 19.0 Å². The van der Waals surface area contributed by atoms with Gasteiger partial charge in [-0.2, -0.15) is 0 Å². The number of piperidine rings is 1. The predicted molar refractivity (Wildman–Crippen MR) is 126 cm³/mol. The fraction of sp³-hybridized carbons (Fsp3) is 0.444. The van der Waals surface area contributed by atoms with E-state index in [1.54, 1.807) is 4.90 Å². The minimum atomic E-state index is -1.01. The number of carboxylic acid groups (broad SMARTS) is 1. The normalized spacial score (nSPS) is 20.9. The van der Waals surface area contributed by atoms with Crippen LogP contribution in [0.2, 0.25) is 0 Å². The van der Waals surface area contributed by atoms with E-state index in [0.29, 0.717) is 32.2 Å². The van der Waals surface area contributed by atoms with Crippen LogP contribution >= 0.6 is 0 Å². The number of hydrogen-bond acceptors (Lipinski definition) is 4. The average Bonchev–Trinajstić information content (AvgIpc) is 3.46. The molecule has 7 heteroatoms. The van der Waals surface area contributed by atoms with E-state index in [2.05, 4.69) is 29.6 Å². The SMILES string of the molecule is O=C(NC1(C(=O)N2CCC[C@@H](C(=O)O)C2)CCCC1)OCC1c2ccccc2-c2ccccc21. The predicted octanol–water partition coefficient (Wildman–Crippen LogP) is 4.16. The van der Waals surface area contributed by atoms with Gasteiger partial charge in [-0.05, 0) is 47.9 Å². The minimum absolute atomic E-state index is 0.0493. The van der Waals surface area contributed by atoms with Gasteiger partial charge >= 0.3 is 12.1 Å². The number of carbonyl (C=O) groups is 3. The molecule has 1 aliphatic heterocycles. The van der Waals surface area contributed by atoms with Gasteiger partial charge in [-0.1, -0.05) is 61.4 Å². The molecule has 2 aromatic rings. The number of nitrogens with zero attached hydrogens (tertiary/aromatic N) is 1. The smallest absolute Gasteiger partial charge is 0.408 e. The standard InChI is InChI=1S/C27H30N2O5/c30-24(31)18-8-7-15-29(16-18)25(32)27(13-5-6-14-27)28-26(33)34-17-23-21-11-3-1-9-19(21)20-10-2-4-12-22(20)23/h1-4,9-12,18,23H,5-8,13-17H2,(H,28,33)(H,30,31)/t18-/m1/s1. The van der Waals surface area contributed by atoms with Crippen molar-refractivity contribution in [3.05, 3.63) is 59.7 Å². The van der Waals surface area contributed by atoms with E-state index in [0.717, 1.165) is 35.1 Å². The van der Waals surface area contributed by atoms with Gasteiger partial charge in [0.25, 0.3) is 0 Å². The molecule has 1 saturated carbocycles. The summed E-state index contributed by atoms with van der Waals surface area (Å²) in [4.78, 5) is 39.5. The van der Waals surface area contributed by atoms with Crippen LogP contribution in [0.1, 0.15) is 55.6 Å². The van der Waals surface area contributed by atoms with Crippen LogP contribution in [0.4, 0.5) is 4.79 Å². The highest BCUT2D eigenvalue weighted by Crippen LogP contribution is 2.44. The molecule has 2 fully saturated rings. The summed E-state index contributed by atoms with van der Waals surface area (Å²) in [7, 11) is 0. The lowest BCUT2D eigenvalue weighted by Gasteiger charge is -2.38. The van der Waals surface area contributed by atoms with Crippen molar-refractivity contribution < 1.29 is 24.2 Å². The number of likely N-dealkylation sites (tertiary alicyclic amines) is 1. The van der Waals surface area contributed by atoms with Crippen molar-refractivity contribution in [2.24, 2.45) is 5.92 Å². The Morgan fingerprint density at radius 1 is 0.971 bits per heavy atom. The van der Waals surface area contributed by atoms with Crippen LogP contribution in [0, 0.1) is 5.92 Å². The molecule has 0 bridgehead atoms. The van der Waals surface area contributed by atoms with Crippen LogP contribution in [0.5, 0.6) is 0 Å². The third-order valence-electron chi connectivity index (χ3n) is 7.61. The number of benzene rings is 2. The molecule has 2 amide bonds. The first-order valence-corrected chi connectivity index (χ1v) is 12.1. The topological polar surface area (TPSA) is 95.9 Å². The summed E-state index contributed by atoms with van der Waals surface area (Å²) in [6.07, 6.45) is 3.41. The Morgan fingerprint density at radius 3 is 2.21 bits per heavy atom. The Bertz CT molecular complexity index is 1060. The summed E-state index contributed by atoms with van der Waals surface area (Å²) in [6.45, 7) is 0.911. The van der Waals surface area contributed by atoms with Crippen molar-refractivity contribution >= 4 is 18.0 Å². The quantitative estimate of drug-likeness (QED) is 0.696. The molecule has 1 saturated heterocycles. The van der Waals surface area contributed by atoms with Crippen molar-refractivity contribution in [1.29, 1.82) is 0 Å². The fourth-order valence-corrected chi connectivity index (χ4v) is 5.87. The van der Waals surface area contributed by atoms with Gasteiger partial charge in [0.15, 0.2) is 0 Å². The lowest BCUT2D eigenvalue weighted by molar-refractivity contribution is -0.147. The van der Waals surface area contributed by atoms with Crippen molar-refractivity contribution in [3.63, 3.8) is 0 Å². The summed E-state index contributed by atoms with van der Waals surface area (Å²) in [5.41, 5.74) is 3.58. The number of amides is 2. The maximum atomic E-state index is 13.5. The highest BCUT2D eigenvalue weighted by Gasteiger charge is 2.46. The second-order valence-electron chi connectivity index (χ2n) is 9.67. The maximum Gasteiger partial charge on any atom is 0.408 e. The molecule has 0 radical (unpaired) electrons. The van der Waals surface area contributed by atoms with Crippen LogP contribution in [-0.4, -0.2) is 53.2 Å². The Labute approximate surface area is 199 Å². The molecular weight excluding hydrogens is 432 g/mol. The van der Waals surface area contributed by atoms with E-state index >= 15 is 0 Å². The summed E-state index contributed by atoms with van der Waals surface area (Å²) < 4.78 is 5.71. The molecule has 1 atom stereocenters. The first-order chi connectivity index (χ1) is 16.5. The van der Waals surface area contributed by atoms with Crippen molar-refractivity contribution in [2.75, 3.05) is 19.7 Å². The van der Waals surface area contributed by atoms with Gasteiger partial charge in [-0.25, -0.2) is 4.79 Å². The van der Waals surface area contributed by atoms with Crippen molar-refractivity contribution in [1.82, 2.24) is 10.2 Å². The Hall–Kier alpha value is -3.35. The lowest BCUT2D eigenvalue weighted by atomic mass is 9.92. The molecule has 2 aromatic carbocycles. The number of hydrogen-bond donors (Lipinski definition) is 2. The Morgan fingerprint density at radius 2 is 1.59 bits per heavy atom. The largest absolute Gasteiger partial charge is 0.481 e. The Kier molecular flexibility index (Phi) is 6.02. The van der Waals surface area contributed by atoms with Crippen LogP contribution in [0.15, 0.2) is 48.5 Å². The number of rotatable bonds is 5. The van der Waals surface area contributed by atoms with Gasteiger partial charge in [0.1, 0.15) is 12.1 Å². The molecular formula is C27H30N2O5. The number of nitrogens with one attached hydrogen (secondary N) is 1. The Balaban J connectivity index is 1.28. The molecule has 0 spiro atoms. The molecule has 7 nitrogen and oxygen atoms in total. The van der Waals surface area contributed by atoms with E-state index < -0.39 is 23.5 Å². The van der Waals surface area contributed by atoms with Gasteiger partial charge in [-0.15, -0.1) is 0 Å².